The zero-order chi connectivity index (χ0) is 14.8. The van der Waals surface area contributed by atoms with Gasteiger partial charge in [-0.25, -0.2) is 8.42 Å². The fraction of sp³-hybridized carbons (Fsp3) is 0.625. The van der Waals surface area contributed by atoms with Crippen molar-refractivity contribution in [3.05, 3.63) is 35.9 Å². The monoisotopic (exact) mass is 297 g/mol. The van der Waals surface area contributed by atoms with Crippen molar-refractivity contribution in [1.29, 1.82) is 0 Å². The third kappa shape index (κ3) is 7.06. The standard InChI is InChI=1S/C16H27NO2S/c1-3-12-17-16(4-2)11-8-13-20(18,19)14-15-9-6-5-7-10-15/h5-7,9-10,16-17H,3-4,8,11-14H2,1-2H3. The minimum Gasteiger partial charge on any atom is -0.314 e. The Bertz CT molecular complexity index is 457. The Hall–Kier alpha value is -0.870. The Morgan fingerprint density at radius 1 is 1.15 bits per heavy atom. The molecular weight excluding hydrogens is 270 g/mol. The minimum atomic E-state index is -2.99. The molecule has 4 heteroatoms. The molecule has 0 spiro atoms. The molecule has 0 radical (unpaired) electrons. The lowest BCUT2D eigenvalue weighted by atomic mass is 10.1. The van der Waals surface area contributed by atoms with E-state index in [0.29, 0.717) is 6.04 Å². The lowest BCUT2D eigenvalue weighted by Gasteiger charge is -2.16. The molecule has 0 aliphatic rings. The predicted molar refractivity (Wildman–Crippen MR) is 85.5 cm³/mol. The van der Waals surface area contributed by atoms with Gasteiger partial charge in [-0.3, -0.25) is 0 Å². The highest BCUT2D eigenvalue weighted by Crippen LogP contribution is 2.10. The maximum atomic E-state index is 12.1. The van der Waals surface area contributed by atoms with Gasteiger partial charge < -0.3 is 5.32 Å². The first-order valence-corrected chi connectivity index (χ1v) is 9.37. The molecule has 3 nitrogen and oxygen atoms in total. The second-order valence-electron chi connectivity index (χ2n) is 5.28. The highest BCUT2D eigenvalue weighted by Gasteiger charge is 2.13. The molecule has 1 N–H and O–H groups in total. The van der Waals surface area contributed by atoms with Crippen molar-refractivity contribution >= 4 is 9.84 Å². The largest absolute Gasteiger partial charge is 0.314 e. The zero-order valence-corrected chi connectivity index (χ0v) is 13.5. The summed E-state index contributed by atoms with van der Waals surface area (Å²) >= 11 is 0. The van der Waals surface area contributed by atoms with Gasteiger partial charge in [-0.1, -0.05) is 44.2 Å². The van der Waals surface area contributed by atoms with Gasteiger partial charge in [0.2, 0.25) is 0 Å². The van der Waals surface area contributed by atoms with Crippen LogP contribution in [0.2, 0.25) is 0 Å². The molecule has 0 aliphatic carbocycles. The SMILES string of the molecule is CCCNC(CC)CCCS(=O)(=O)Cc1ccccc1. The molecule has 1 aromatic rings. The van der Waals surface area contributed by atoms with E-state index in [4.69, 9.17) is 0 Å². The van der Waals surface area contributed by atoms with Crippen LogP contribution in [0.25, 0.3) is 0 Å². The first-order chi connectivity index (χ1) is 9.57. The van der Waals surface area contributed by atoms with Crippen molar-refractivity contribution in [3.63, 3.8) is 0 Å². The van der Waals surface area contributed by atoms with Crippen molar-refractivity contribution < 1.29 is 8.42 Å². The molecular formula is C16H27NO2S. The summed E-state index contributed by atoms with van der Waals surface area (Å²) in [6.45, 7) is 5.30. The van der Waals surface area contributed by atoms with Gasteiger partial charge in [-0.05, 0) is 37.8 Å². The van der Waals surface area contributed by atoms with E-state index in [1.54, 1.807) is 0 Å². The number of rotatable bonds is 10. The van der Waals surface area contributed by atoms with Gasteiger partial charge in [-0.2, -0.15) is 0 Å². The van der Waals surface area contributed by atoms with Crippen LogP contribution >= 0.6 is 0 Å². The summed E-state index contributed by atoms with van der Waals surface area (Å²) in [5, 5.41) is 3.46. The number of hydrogen-bond acceptors (Lipinski definition) is 3. The van der Waals surface area contributed by atoms with Crippen molar-refractivity contribution in [3.8, 4) is 0 Å². The Labute approximate surface area is 123 Å². The summed E-state index contributed by atoms with van der Waals surface area (Å²) in [4.78, 5) is 0. The fourth-order valence-electron chi connectivity index (χ4n) is 2.25. The van der Waals surface area contributed by atoms with Gasteiger partial charge >= 0.3 is 0 Å². The van der Waals surface area contributed by atoms with Gasteiger partial charge in [0, 0.05) is 6.04 Å². The van der Waals surface area contributed by atoms with Crippen LogP contribution in [0.4, 0.5) is 0 Å². The van der Waals surface area contributed by atoms with Crippen molar-refractivity contribution in [2.24, 2.45) is 0 Å². The van der Waals surface area contributed by atoms with E-state index in [2.05, 4.69) is 19.2 Å². The zero-order valence-electron chi connectivity index (χ0n) is 12.6. The number of hydrogen-bond donors (Lipinski definition) is 1. The van der Waals surface area contributed by atoms with E-state index >= 15 is 0 Å². The Balaban J connectivity index is 2.36. The molecule has 1 rings (SSSR count). The molecule has 0 bridgehead atoms. The minimum absolute atomic E-state index is 0.160. The van der Waals surface area contributed by atoms with Crippen LogP contribution in [-0.2, 0) is 15.6 Å². The van der Waals surface area contributed by atoms with Gasteiger partial charge in [0.15, 0.2) is 9.84 Å². The summed E-state index contributed by atoms with van der Waals surface area (Å²) < 4.78 is 24.1. The van der Waals surface area contributed by atoms with E-state index in [1.807, 2.05) is 30.3 Å². The molecule has 1 unspecified atom stereocenters. The van der Waals surface area contributed by atoms with E-state index in [9.17, 15) is 8.42 Å². The average molecular weight is 297 g/mol. The Morgan fingerprint density at radius 2 is 1.85 bits per heavy atom. The quantitative estimate of drug-likeness (QED) is 0.721. The molecule has 0 aromatic heterocycles. The van der Waals surface area contributed by atoms with Crippen LogP contribution in [0.15, 0.2) is 30.3 Å². The van der Waals surface area contributed by atoms with E-state index in [-0.39, 0.29) is 11.5 Å². The van der Waals surface area contributed by atoms with Crippen LogP contribution in [0.1, 0.15) is 45.1 Å². The van der Waals surface area contributed by atoms with E-state index < -0.39 is 9.84 Å². The van der Waals surface area contributed by atoms with Crippen molar-refractivity contribution in [1.82, 2.24) is 5.32 Å². The smallest absolute Gasteiger partial charge is 0.154 e. The average Bonchev–Trinajstić information content (AvgIpc) is 2.43. The highest BCUT2D eigenvalue weighted by atomic mass is 32.2. The molecule has 0 heterocycles. The Kier molecular flexibility index (Phi) is 7.85. The lowest BCUT2D eigenvalue weighted by molar-refractivity contribution is 0.463. The van der Waals surface area contributed by atoms with Crippen LogP contribution < -0.4 is 5.32 Å². The predicted octanol–water partition coefficient (Wildman–Crippen LogP) is 3.16. The topological polar surface area (TPSA) is 46.2 Å². The fourth-order valence-corrected chi connectivity index (χ4v) is 3.70. The van der Waals surface area contributed by atoms with Crippen molar-refractivity contribution in [2.75, 3.05) is 12.3 Å². The summed E-state index contributed by atoms with van der Waals surface area (Å²) in [6, 6.07) is 9.85. The molecule has 0 aliphatic heterocycles. The van der Waals surface area contributed by atoms with Crippen LogP contribution in [0.3, 0.4) is 0 Å². The number of sulfone groups is 1. The molecule has 0 fully saturated rings. The third-order valence-electron chi connectivity index (χ3n) is 3.41. The molecule has 0 saturated heterocycles. The summed E-state index contributed by atoms with van der Waals surface area (Å²) in [6.07, 6.45) is 3.84. The number of nitrogens with one attached hydrogen (secondary N) is 1. The molecule has 0 saturated carbocycles. The maximum absolute atomic E-state index is 12.1. The first kappa shape index (κ1) is 17.2. The van der Waals surface area contributed by atoms with Crippen LogP contribution in [-0.4, -0.2) is 26.8 Å². The van der Waals surface area contributed by atoms with Gasteiger partial charge in [0.05, 0.1) is 11.5 Å². The normalized spacial score (nSPS) is 13.3. The Morgan fingerprint density at radius 3 is 2.45 bits per heavy atom. The highest BCUT2D eigenvalue weighted by molar-refractivity contribution is 7.90. The second kappa shape index (κ2) is 9.14. The van der Waals surface area contributed by atoms with Crippen LogP contribution in [0.5, 0.6) is 0 Å². The van der Waals surface area contributed by atoms with E-state index in [0.717, 1.165) is 37.8 Å². The van der Waals surface area contributed by atoms with Gasteiger partial charge in [0.25, 0.3) is 0 Å². The van der Waals surface area contributed by atoms with Gasteiger partial charge in [-0.15, -0.1) is 0 Å². The van der Waals surface area contributed by atoms with E-state index in [1.165, 1.54) is 0 Å². The molecule has 114 valence electrons. The molecule has 0 amide bonds. The summed E-state index contributed by atoms with van der Waals surface area (Å²) in [5.74, 6) is 0.444. The molecule has 20 heavy (non-hydrogen) atoms. The third-order valence-corrected chi connectivity index (χ3v) is 5.10. The molecule has 1 atom stereocenters. The maximum Gasteiger partial charge on any atom is 0.154 e. The second-order valence-corrected chi connectivity index (χ2v) is 7.46. The summed E-state index contributed by atoms with van der Waals surface area (Å²) in [5.41, 5.74) is 0.878. The lowest BCUT2D eigenvalue weighted by Crippen LogP contribution is -2.29. The van der Waals surface area contributed by atoms with Crippen molar-refractivity contribution in [2.45, 2.75) is 51.3 Å². The first-order valence-electron chi connectivity index (χ1n) is 7.55. The summed E-state index contributed by atoms with van der Waals surface area (Å²) in [7, 11) is -2.99. The number of benzene rings is 1. The van der Waals surface area contributed by atoms with Gasteiger partial charge in [0.1, 0.15) is 0 Å². The molecule has 1 aromatic carbocycles. The van der Waals surface area contributed by atoms with Crippen LogP contribution in [0, 0.1) is 0 Å².